The SMILES string of the molecule is CC(C)C[C@H](NC(=O)[C@H](CC(C)C)NC(=O)[C@H](CCC(=O)O)NC(=O)[C@H](CC(C)C)NC(=O)[C@H](CC(C)C)NC(=O)[C@@H](N)CC(C)C)C(=O)O. The van der Waals surface area contributed by atoms with E-state index in [0.717, 1.165) is 0 Å². The zero-order valence-corrected chi connectivity index (χ0v) is 31.6. The fraction of sp³-hybridized carbons (Fsp3) is 0.800. The molecule has 0 aliphatic heterocycles. The van der Waals surface area contributed by atoms with Crippen molar-refractivity contribution < 1.29 is 43.8 Å². The van der Waals surface area contributed by atoms with Crippen LogP contribution in [0.1, 0.15) is 114 Å². The van der Waals surface area contributed by atoms with Crippen LogP contribution in [0.25, 0.3) is 0 Å². The zero-order valence-electron chi connectivity index (χ0n) is 31.6. The Kier molecular flexibility index (Phi) is 21.1. The lowest BCUT2D eigenvalue weighted by atomic mass is 9.98. The molecule has 0 saturated carbocycles. The molecule has 15 heteroatoms. The first kappa shape index (κ1) is 46.2. The zero-order chi connectivity index (χ0) is 38.9. The molecule has 0 aliphatic carbocycles. The van der Waals surface area contributed by atoms with Crippen LogP contribution in [0.5, 0.6) is 0 Å². The summed E-state index contributed by atoms with van der Waals surface area (Å²) in [5.74, 6) is -5.94. The predicted octanol–water partition coefficient (Wildman–Crippen LogP) is 1.92. The summed E-state index contributed by atoms with van der Waals surface area (Å²) in [7, 11) is 0. The molecule has 0 bridgehead atoms. The van der Waals surface area contributed by atoms with E-state index in [9.17, 15) is 43.8 Å². The third kappa shape index (κ3) is 19.4. The fourth-order valence-electron chi connectivity index (χ4n) is 5.32. The monoisotopic (exact) mass is 712 g/mol. The van der Waals surface area contributed by atoms with Gasteiger partial charge in [-0.2, -0.15) is 0 Å². The van der Waals surface area contributed by atoms with Crippen LogP contribution in [0.4, 0.5) is 0 Å². The summed E-state index contributed by atoms with van der Waals surface area (Å²) < 4.78 is 0. The van der Waals surface area contributed by atoms with Crippen molar-refractivity contribution in [3.63, 3.8) is 0 Å². The maximum absolute atomic E-state index is 13.7. The van der Waals surface area contributed by atoms with Crippen molar-refractivity contribution in [2.24, 2.45) is 35.3 Å². The number of hydrogen-bond acceptors (Lipinski definition) is 8. The van der Waals surface area contributed by atoms with Crippen LogP contribution in [-0.2, 0) is 33.6 Å². The van der Waals surface area contributed by atoms with E-state index >= 15 is 0 Å². The second kappa shape index (κ2) is 22.9. The van der Waals surface area contributed by atoms with E-state index in [2.05, 4.69) is 26.6 Å². The van der Waals surface area contributed by atoms with Gasteiger partial charge in [0, 0.05) is 6.42 Å². The van der Waals surface area contributed by atoms with Gasteiger partial charge in [0.25, 0.3) is 0 Å². The molecule has 50 heavy (non-hydrogen) atoms. The maximum atomic E-state index is 13.7. The molecule has 0 heterocycles. The molecule has 0 radical (unpaired) electrons. The van der Waals surface area contributed by atoms with Gasteiger partial charge in [-0.25, -0.2) is 4.79 Å². The molecule has 9 N–H and O–H groups in total. The molecule has 0 aromatic rings. The van der Waals surface area contributed by atoms with E-state index in [0.29, 0.717) is 6.42 Å². The number of amides is 5. The highest BCUT2D eigenvalue weighted by Gasteiger charge is 2.34. The first-order chi connectivity index (χ1) is 23.0. The first-order valence-electron chi connectivity index (χ1n) is 17.8. The average Bonchev–Trinajstić information content (AvgIpc) is 2.95. The van der Waals surface area contributed by atoms with E-state index in [-0.39, 0.29) is 61.7 Å². The van der Waals surface area contributed by atoms with Gasteiger partial charge in [0.15, 0.2) is 0 Å². The Bertz CT molecular complexity index is 1140. The summed E-state index contributed by atoms with van der Waals surface area (Å²) in [4.78, 5) is 90.1. The predicted molar refractivity (Wildman–Crippen MR) is 189 cm³/mol. The molecule has 0 spiro atoms. The molecule has 0 saturated heterocycles. The summed E-state index contributed by atoms with van der Waals surface area (Å²) in [5, 5.41) is 32.0. The van der Waals surface area contributed by atoms with Gasteiger partial charge in [0.2, 0.25) is 29.5 Å². The number of nitrogens with one attached hydrogen (secondary N) is 5. The van der Waals surface area contributed by atoms with Gasteiger partial charge < -0.3 is 42.5 Å². The second-order valence-corrected chi connectivity index (χ2v) is 15.3. The van der Waals surface area contributed by atoms with Crippen LogP contribution in [-0.4, -0.2) is 87.9 Å². The summed E-state index contributed by atoms with van der Waals surface area (Å²) in [6.45, 7) is 18.5. The van der Waals surface area contributed by atoms with Crippen molar-refractivity contribution in [1.29, 1.82) is 0 Å². The van der Waals surface area contributed by atoms with Gasteiger partial charge in [-0.1, -0.05) is 69.2 Å². The summed E-state index contributed by atoms with van der Waals surface area (Å²) in [6.07, 6.45) is 0.329. The molecule has 0 aromatic heterocycles. The van der Waals surface area contributed by atoms with Gasteiger partial charge in [0.1, 0.15) is 30.2 Å². The van der Waals surface area contributed by atoms with Gasteiger partial charge >= 0.3 is 11.9 Å². The van der Waals surface area contributed by atoms with Crippen LogP contribution in [0, 0.1) is 29.6 Å². The van der Waals surface area contributed by atoms with Crippen molar-refractivity contribution in [1.82, 2.24) is 26.6 Å². The molecule has 0 rings (SSSR count). The fourth-order valence-corrected chi connectivity index (χ4v) is 5.32. The second-order valence-electron chi connectivity index (χ2n) is 15.3. The Morgan fingerprint density at radius 3 is 1.04 bits per heavy atom. The molecule has 6 atom stereocenters. The Morgan fingerprint density at radius 1 is 0.440 bits per heavy atom. The van der Waals surface area contributed by atoms with Crippen molar-refractivity contribution in [2.45, 2.75) is 150 Å². The number of aliphatic carboxylic acids is 2. The number of carboxylic acids is 2. The number of carbonyl (C=O) groups is 7. The quantitative estimate of drug-likeness (QED) is 0.0722. The number of carboxylic acid groups (broad SMARTS) is 2. The van der Waals surface area contributed by atoms with Gasteiger partial charge in [-0.05, 0) is 68.1 Å². The Labute approximate surface area is 297 Å². The lowest BCUT2D eigenvalue weighted by Crippen LogP contribution is -2.59. The molecule has 0 aromatic carbocycles. The highest BCUT2D eigenvalue weighted by molar-refractivity contribution is 5.96. The third-order valence-corrected chi connectivity index (χ3v) is 7.68. The van der Waals surface area contributed by atoms with Crippen molar-refractivity contribution in [3.8, 4) is 0 Å². The first-order valence-corrected chi connectivity index (χ1v) is 17.8. The summed E-state index contributed by atoms with van der Waals surface area (Å²) in [5.41, 5.74) is 6.04. The number of hydrogen-bond donors (Lipinski definition) is 8. The number of carbonyl (C=O) groups excluding carboxylic acids is 5. The van der Waals surface area contributed by atoms with Crippen LogP contribution < -0.4 is 32.3 Å². The smallest absolute Gasteiger partial charge is 0.326 e. The molecular formula is C35H64N6O9. The third-order valence-electron chi connectivity index (χ3n) is 7.68. The largest absolute Gasteiger partial charge is 0.481 e. The molecule has 0 unspecified atom stereocenters. The molecule has 0 fully saturated rings. The van der Waals surface area contributed by atoms with E-state index in [1.54, 1.807) is 0 Å². The Balaban J connectivity index is 6.22. The average molecular weight is 713 g/mol. The normalized spacial score (nSPS) is 15.2. The van der Waals surface area contributed by atoms with Gasteiger partial charge in [-0.3, -0.25) is 28.8 Å². The maximum Gasteiger partial charge on any atom is 0.326 e. The van der Waals surface area contributed by atoms with E-state index in [1.807, 2.05) is 69.2 Å². The van der Waals surface area contributed by atoms with Crippen LogP contribution in [0.2, 0.25) is 0 Å². The molecule has 5 amide bonds. The summed E-state index contributed by atoms with van der Waals surface area (Å²) >= 11 is 0. The number of nitrogens with two attached hydrogens (primary N) is 1. The van der Waals surface area contributed by atoms with Crippen molar-refractivity contribution in [2.75, 3.05) is 0 Å². The van der Waals surface area contributed by atoms with Crippen LogP contribution in [0.3, 0.4) is 0 Å². The molecule has 15 nitrogen and oxygen atoms in total. The topological polar surface area (TPSA) is 246 Å². The minimum absolute atomic E-state index is 0.000907. The lowest BCUT2D eigenvalue weighted by Gasteiger charge is -2.28. The van der Waals surface area contributed by atoms with Crippen LogP contribution in [0.15, 0.2) is 0 Å². The van der Waals surface area contributed by atoms with Gasteiger partial charge in [-0.15, -0.1) is 0 Å². The van der Waals surface area contributed by atoms with Crippen LogP contribution >= 0.6 is 0 Å². The van der Waals surface area contributed by atoms with Crippen molar-refractivity contribution in [3.05, 3.63) is 0 Å². The lowest BCUT2D eigenvalue weighted by molar-refractivity contribution is -0.143. The minimum atomic E-state index is -1.40. The van der Waals surface area contributed by atoms with E-state index in [4.69, 9.17) is 5.73 Å². The van der Waals surface area contributed by atoms with E-state index in [1.165, 1.54) is 0 Å². The Hall–Kier alpha value is -3.75. The van der Waals surface area contributed by atoms with Gasteiger partial charge in [0.05, 0.1) is 6.04 Å². The highest BCUT2D eigenvalue weighted by atomic mass is 16.4. The molecule has 0 aliphatic rings. The molecule has 288 valence electrons. The number of rotatable bonds is 24. The molecular weight excluding hydrogens is 648 g/mol. The Morgan fingerprint density at radius 2 is 0.720 bits per heavy atom. The standard InChI is InChI=1S/C35H64N6O9/c1-18(2)13-23(36)30(44)38-25(14-19(3)4)33(47)40-26(15-20(5)6)32(46)37-24(11-12-29(42)43)31(45)39-27(16-21(7)8)34(48)41-28(35(49)50)17-22(9)10/h18-28H,11-17,36H2,1-10H3,(H,37,46)(H,38,44)(H,39,45)(H,40,47)(H,41,48)(H,42,43)(H,49,50)/t23-,24-,25-,26-,27-,28-/m0/s1. The van der Waals surface area contributed by atoms with Crippen molar-refractivity contribution >= 4 is 41.5 Å². The van der Waals surface area contributed by atoms with E-state index < -0.39 is 84.1 Å². The summed E-state index contributed by atoms with van der Waals surface area (Å²) in [6, 6.07) is -6.73. The minimum Gasteiger partial charge on any atom is -0.481 e. The highest BCUT2D eigenvalue weighted by Crippen LogP contribution is 2.13.